The van der Waals surface area contributed by atoms with E-state index in [1.807, 2.05) is 47.4 Å². The van der Waals surface area contributed by atoms with Gasteiger partial charge in [-0.25, -0.2) is 0 Å². The molecule has 1 aliphatic rings. The summed E-state index contributed by atoms with van der Waals surface area (Å²) in [6.07, 6.45) is 3.10. The van der Waals surface area contributed by atoms with Crippen LogP contribution in [0.1, 0.15) is 24.0 Å². The molecule has 3 aromatic rings. The second-order valence-corrected chi connectivity index (χ2v) is 9.63. The highest BCUT2D eigenvalue weighted by molar-refractivity contribution is 8.01. The zero-order valence-electron chi connectivity index (χ0n) is 17.5. The number of ether oxygens (including phenoxy) is 1. The Kier molecular flexibility index (Phi) is 7.43. The van der Waals surface area contributed by atoms with Crippen LogP contribution in [0.15, 0.2) is 58.9 Å². The van der Waals surface area contributed by atoms with Crippen LogP contribution in [-0.4, -0.2) is 46.5 Å². The molecule has 2 aromatic carbocycles. The van der Waals surface area contributed by atoms with Crippen molar-refractivity contribution in [3.05, 3.63) is 65.7 Å². The maximum absolute atomic E-state index is 12.9. The van der Waals surface area contributed by atoms with Crippen molar-refractivity contribution in [1.29, 1.82) is 0 Å². The quantitative estimate of drug-likeness (QED) is 0.431. The first-order valence-corrected chi connectivity index (χ1v) is 12.2. The van der Waals surface area contributed by atoms with E-state index in [1.54, 1.807) is 7.11 Å². The van der Waals surface area contributed by atoms with E-state index in [-0.39, 0.29) is 5.91 Å². The predicted octanol–water partition coefficient (Wildman–Crippen LogP) is 4.48. The van der Waals surface area contributed by atoms with Crippen molar-refractivity contribution in [2.24, 2.45) is 0 Å². The Bertz CT molecular complexity index is 975. The van der Waals surface area contributed by atoms with Crippen LogP contribution in [-0.2, 0) is 17.8 Å². The molecule has 1 saturated carbocycles. The number of nitrogens with zero attached hydrogens (tertiary/aromatic N) is 3. The van der Waals surface area contributed by atoms with E-state index in [0.29, 0.717) is 18.3 Å². The molecule has 1 amide bonds. The first kappa shape index (κ1) is 21.6. The number of methoxy groups -OCH3 is 1. The summed E-state index contributed by atoms with van der Waals surface area (Å²) in [5, 5.41) is 12.5. The molecule has 8 heteroatoms. The maximum atomic E-state index is 12.9. The molecule has 0 atom stereocenters. The van der Waals surface area contributed by atoms with Crippen molar-refractivity contribution < 1.29 is 9.53 Å². The maximum Gasteiger partial charge on any atom is 0.233 e. The van der Waals surface area contributed by atoms with Crippen molar-refractivity contribution in [1.82, 2.24) is 15.1 Å². The van der Waals surface area contributed by atoms with Crippen LogP contribution in [0.2, 0.25) is 0 Å². The number of hydrogen-bond acceptors (Lipinski definition) is 7. The summed E-state index contributed by atoms with van der Waals surface area (Å²) in [6.45, 7) is 1.44. The Morgan fingerprint density at radius 1 is 1.13 bits per heavy atom. The zero-order chi connectivity index (χ0) is 21.5. The highest BCUT2D eigenvalue weighted by Gasteiger charge is 2.32. The third-order valence-corrected chi connectivity index (χ3v) is 7.08. The number of carbonyl (C=O) groups excluding carboxylic acids is 1. The topological polar surface area (TPSA) is 67.3 Å². The summed E-state index contributed by atoms with van der Waals surface area (Å²) in [6, 6.07) is 18.6. The molecule has 0 radical (unpaired) electrons. The standard InChI is InChI=1S/C23H26N4O2S2/c1-29-20-11-7-18(8-12-20)15-27(19-9-10-19)21(28)16-30-23-26-25-22(31-23)24-14-13-17-5-3-2-4-6-17/h2-8,11-12,19H,9-10,13-16H2,1H3,(H,24,25). The molecule has 1 fully saturated rings. The number of benzene rings is 2. The second kappa shape index (κ2) is 10.6. The van der Waals surface area contributed by atoms with Crippen LogP contribution >= 0.6 is 23.1 Å². The van der Waals surface area contributed by atoms with Gasteiger partial charge in [0.15, 0.2) is 4.34 Å². The van der Waals surface area contributed by atoms with Gasteiger partial charge in [0.25, 0.3) is 0 Å². The molecule has 4 rings (SSSR count). The molecule has 0 bridgehead atoms. The number of hydrogen-bond donors (Lipinski definition) is 1. The number of aromatic nitrogens is 2. The first-order valence-electron chi connectivity index (χ1n) is 10.4. The summed E-state index contributed by atoms with van der Waals surface area (Å²) in [5.41, 5.74) is 2.41. The smallest absolute Gasteiger partial charge is 0.233 e. The summed E-state index contributed by atoms with van der Waals surface area (Å²) in [5.74, 6) is 1.36. The predicted molar refractivity (Wildman–Crippen MR) is 126 cm³/mol. The molecule has 1 aromatic heterocycles. The molecule has 31 heavy (non-hydrogen) atoms. The van der Waals surface area contributed by atoms with Gasteiger partial charge in [0.2, 0.25) is 11.0 Å². The van der Waals surface area contributed by atoms with Crippen molar-refractivity contribution in [3.8, 4) is 5.75 Å². The molecule has 1 N–H and O–H groups in total. The molecule has 0 unspecified atom stereocenters. The summed E-state index contributed by atoms with van der Waals surface area (Å²) >= 11 is 2.96. The zero-order valence-corrected chi connectivity index (χ0v) is 19.1. The molecule has 1 heterocycles. The average Bonchev–Trinajstić information content (AvgIpc) is 3.55. The normalized spacial score (nSPS) is 13.1. The fourth-order valence-corrected chi connectivity index (χ4v) is 4.90. The number of carbonyl (C=O) groups is 1. The lowest BCUT2D eigenvalue weighted by Gasteiger charge is -2.22. The highest BCUT2D eigenvalue weighted by Crippen LogP contribution is 2.31. The molecule has 162 valence electrons. The van der Waals surface area contributed by atoms with Crippen molar-refractivity contribution in [2.75, 3.05) is 24.7 Å². The number of thioether (sulfide) groups is 1. The number of anilines is 1. The molecular weight excluding hydrogens is 428 g/mol. The lowest BCUT2D eigenvalue weighted by Crippen LogP contribution is -2.33. The Balaban J connectivity index is 1.25. The molecule has 0 saturated heterocycles. The van der Waals surface area contributed by atoms with Gasteiger partial charge >= 0.3 is 0 Å². The lowest BCUT2D eigenvalue weighted by molar-refractivity contribution is -0.129. The fraction of sp³-hybridized carbons (Fsp3) is 0.348. The van der Waals surface area contributed by atoms with E-state index in [9.17, 15) is 4.79 Å². The van der Waals surface area contributed by atoms with Crippen LogP contribution in [0.3, 0.4) is 0 Å². The SMILES string of the molecule is COc1ccc(CN(C(=O)CSc2nnc(NCCc3ccccc3)s2)C2CC2)cc1. The Morgan fingerprint density at radius 2 is 1.90 bits per heavy atom. The molecule has 6 nitrogen and oxygen atoms in total. The van der Waals surface area contributed by atoms with Gasteiger partial charge in [0.05, 0.1) is 12.9 Å². The lowest BCUT2D eigenvalue weighted by atomic mass is 10.2. The number of amides is 1. The summed E-state index contributed by atoms with van der Waals surface area (Å²) in [7, 11) is 1.66. The van der Waals surface area contributed by atoms with Crippen molar-refractivity contribution in [3.63, 3.8) is 0 Å². The van der Waals surface area contributed by atoms with Crippen LogP contribution in [0.4, 0.5) is 5.13 Å². The van der Waals surface area contributed by atoms with E-state index in [0.717, 1.165) is 46.6 Å². The van der Waals surface area contributed by atoms with E-state index in [4.69, 9.17) is 4.74 Å². The van der Waals surface area contributed by atoms with E-state index >= 15 is 0 Å². The molecule has 1 aliphatic carbocycles. The fourth-order valence-electron chi connectivity index (χ4n) is 3.24. The summed E-state index contributed by atoms with van der Waals surface area (Å²) < 4.78 is 6.03. The first-order chi connectivity index (χ1) is 15.2. The third-order valence-electron chi connectivity index (χ3n) is 5.08. The van der Waals surface area contributed by atoms with Crippen LogP contribution in [0, 0.1) is 0 Å². The van der Waals surface area contributed by atoms with Gasteiger partial charge in [-0.2, -0.15) is 0 Å². The van der Waals surface area contributed by atoms with Gasteiger partial charge in [-0.1, -0.05) is 65.6 Å². The van der Waals surface area contributed by atoms with Crippen molar-refractivity contribution >= 4 is 34.1 Å². The number of nitrogens with one attached hydrogen (secondary N) is 1. The molecular formula is C23H26N4O2S2. The molecule has 0 spiro atoms. The minimum Gasteiger partial charge on any atom is -0.497 e. The monoisotopic (exact) mass is 454 g/mol. The van der Waals surface area contributed by atoms with Gasteiger partial charge in [0.1, 0.15) is 5.75 Å². The Labute approximate surface area is 191 Å². The van der Waals surface area contributed by atoms with Gasteiger partial charge < -0.3 is 15.0 Å². The van der Waals surface area contributed by atoms with Crippen LogP contribution in [0.25, 0.3) is 0 Å². The summed E-state index contributed by atoms with van der Waals surface area (Å²) in [4.78, 5) is 14.9. The second-order valence-electron chi connectivity index (χ2n) is 7.43. The van der Waals surface area contributed by atoms with Gasteiger partial charge in [-0.05, 0) is 42.5 Å². The van der Waals surface area contributed by atoms with Gasteiger partial charge in [0, 0.05) is 19.1 Å². The Hall–Kier alpha value is -2.58. The van der Waals surface area contributed by atoms with E-state index in [1.165, 1.54) is 28.7 Å². The minimum atomic E-state index is 0.150. The third kappa shape index (κ3) is 6.45. The number of rotatable bonds is 11. The van der Waals surface area contributed by atoms with Crippen LogP contribution in [0.5, 0.6) is 5.75 Å². The van der Waals surface area contributed by atoms with Crippen molar-refractivity contribution in [2.45, 2.75) is 36.2 Å². The molecule has 0 aliphatic heterocycles. The largest absolute Gasteiger partial charge is 0.497 e. The van der Waals surface area contributed by atoms with Gasteiger partial charge in [-0.3, -0.25) is 4.79 Å². The van der Waals surface area contributed by atoms with Crippen LogP contribution < -0.4 is 10.1 Å². The average molecular weight is 455 g/mol. The Morgan fingerprint density at radius 3 is 2.61 bits per heavy atom. The van der Waals surface area contributed by atoms with E-state index < -0.39 is 0 Å². The van der Waals surface area contributed by atoms with Gasteiger partial charge in [-0.15, -0.1) is 10.2 Å². The minimum absolute atomic E-state index is 0.150. The highest BCUT2D eigenvalue weighted by atomic mass is 32.2. The van der Waals surface area contributed by atoms with E-state index in [2.05, 4.69) is 27.6 Å².